The molecule has 1 atom stereocenters. The molecular weight excluding hydrogens is 316 g/mol. The Morgan fingerprint density at radius 2 is 2.22 bits per heavy atom. The molecule has 2 rings (SSSR count). The summed E-state index contributed by atoms with van der Waals surface area (Å²) < 4.78 is 0.969. The molecule has 5 heteroatoms. The molecule has 3 nitrogen and oxygen atoms in total. The third-order valence-electron chi connectivity index (χ3n) is 3.20. The van der Waals surface area contributed by atoms with Gasteiger partial charge in [0, 0.05) is 10.2 Å². The van der Waals surface area contributed by atoms with Crippen LogP contribution in [0.2, 0.25) is 0 Å². The van der Waals surface area contributed by atoms with Gasteiger partial charge in [-0.2, -0.15) is 0 Å². The lowest BCUT2D eigenvalue weighted by Crippen LogP contribution is -2.54. The quantitative estimate of drug-likeness (QED) is 0.871. The largest absolute Gasteiger partial charge is 0.324 e. The van der Waals surface area contributed by atoms with Gasteiger partial charge < -0.3 is 10.6 Å². The van der Waals surface area contributed by atoms with Crippen molar-refractivity contribution in [2.24, 2.45) is 0 Å². The summed E-state index contributed by atoms with van der Waals surface area (Å²) in [6.07, 6.45) is 3.15. The molecule has 0 aromatic heterocycles. The maximum atomic E-state index is 12.2. The van der Waals surface area contributed by atoms with Gasteiger partial charge in [-0.1, -0.05) is 22.0 Å². The van der Waals surface area contributed by atoms with Gasteiger partial charge in [-0.05, 0) is 50.9 Å². The summed E-state index contributed by atoms with van der Waals surface area (Å²) >= 11 is 3.39. The van der Waals surface area contributed by atoms with E-state index in [9.17, 15) is 4.79 Å². The van der Waals surface area contributed by atoms with Crippen molar-refractivity contribution in [3.63, 3.8) is 0 Å². The first kappa shape index (κ1) is 15.5. The summed E-state index contributed by atoms with van der Waals surface area (Å²) in [5.41, 5.74) is 0.401. The Labute approximate surface area is 122 Å². The van der Waals surface area contributed by atoms with E-state index in [1.54, 1.807) is 0 Å². The number of halogens is 2. The molecule has 0 bridgehead atoms. The number of piperidine rings is 1. The normalized spacial score (nSPS) is 23.0. The molecule has 0 radical (unpaired) electrons. The van der Waals surface area contributed by atoms with Crippen LogP contribution in [0.3, 0.4) is 0 Å². The lowest BCUT2D eigenvalue weighted by atomic mass is 9.90. The van der Waals surface area contributed by atoms with Crippen molar-refractivity contribution in [2.45, 2.75) is 31.7 Å². The lowest BCUT2D eigenvalue weighted by Gasteiger charge is -2.33. The predicted molar refractivity (Wildman–Crippen MR) is 80.3 cm³/mol. The monoisotopic (exact) mass is 332 g/mol. The fraction of sp³-hybridized carbons (Fsp3) is 0.462. The van der Waals surface area contributed by atoms with Crippen molar-refractivity contribution < 1.29 is 4.79 Å². The zero-order chi connectivity index (χ0) is 12.3. The van der Waals surface area contributed by atoms with Gasteiger partial charge in [-0.15, -0.1) is 12.4 Å². The Bertz CT molecular complexity index is 419. The van der Waals surface area contributed by atoms with Gasteiger partial charge >= 0.3 is 0 Å². The summed E-state index contributed by atoms with van der Waals surface area (Å²) in [5, 5.41) is 6.27. The van der Waals surface area contributed by atoms with Gasteiger partial charge in [0.25, 0.3) is 0 Å². The number of amides is 1. The van der Waals surface area contributed by atoms with Crippen LogP contribution in [0, 0.1) is 0 Å². The Balaban J connectivity index is 0.00000162. The maximum Gasteiger partial charge on any atom is 0.244 e. The Morgan fingerprint density at radius 1 is 1.44 bits per heavy atom. The molecule has 1 amide bonds. The van der Waals surface area contributed by atoms with Gasteiger partial charge in [0.1, 0.15) is 0 Å². The van der Waals surface area contributed by atoms with Crippen molar-refractivity contribution in [3.8, 4) is 0 Å². The highest BCUT2D eigenvalue weighted by atomic mass is 79.9. The molecule has 1 aromatic rings. The van der Waals surface area contributed by atoms with Crippen molar-refractivity contribution in [1.82, 2.24) is 5.32 Å². The molecule has 1 aliphatic heterocycles. The standard InChI is InChI=1S/C13H17BrN2O.ClH/c1-13(7-2-3-8-15-13)12(17)16-11-6-4-5-10(14)9-11;/h4-6,9,15H,2-3,7-8H2,1H3,(H,16,17);1H. The molecule has 1 fully saturated rings. The van der Waals surface area contributed by atoms with Crippen LogP contribution >= 0.6 is 28.3 Å². The highest BCUT2D eigenvalue weighted by Gasteiger charge is 2.34. The van der Waals surface area contributed by atoms with Gasteiger partial charge in [0.15, 0.2) is 0 Å². The number of anilines is 1. The minimum atomic E-state index is -0.430. The average Bonchev–Trinajstić information content (AvgIpc) is 2.30. The molecular formula is C13H18BrClN2O. The first-order valence-electron chi connectivity index (χ1n) is 5.92. The number of benzene rings is 1. The van der Waals surface area contributed by atoms with Gasteiger partial charge in [-0.25, -0.2) is 0 Å². The summed E-state index contributed by atoms with van der Waals surface area (Å²) in [5.74, 6) is 0.0512. The van der Waals surface area contributed by atoms with E-state index in [0.29, 0.717) is 0 Å². The number of nitrogens with one attached hydrogen (secondary N) is 2. The SMILES string of the molecule is CC1(C(=O)Nc2cccc(Br)c2)CCCCN1.Cl. The first-order valence-corrected chi connectivity index (χ1v) is 6.71. The third kappa shape index (κ3) is 3.70. The van der Waals surface area contributed by atoms with Crippen LogP contribution in [0.15, 0.2) is 28.7 Å². The van der Waals surface area contributed by atoms with Crippen LogP contribution in [-0.4, -0.2) is 18.0 Å². The fourth-order valence-corrected chi connectivity index (χ4v) is 2.48. The van der Waals surface area contributed by atoms with Crippen molar-refractivity contribution in [1.29, 1.82) is 0 Å². The predicted octanol–water partition coefficient (Wildman–Crippen LogP) is 3.34. The molecule has 1 unspecified atom stereocenters. The topological polar surface area (TPSA) is 41.1 Å². The van der Waals surface area contributed by atoms with Crippen molar-refractivity contribution in [2.75, 3.05) is 11.9 Å². The molecule has 18 heavy (non-hydrogen) atoms. The molecule has 0 saturated carbocycles. The second-order valence-corrected chi connectivity index (χ2v) is 5.60. The number of hydrogen-bond donors (Lipinski definition) is 2. The van der Waals surface area contributed by atoms with E-state index in [1.807, 2.05) is 31.2 Å². The Morgan fingerprint density at radius 3 is 2.83 bits per heavy atom. The minimum absolute atomic E-state index is 0. The van der Waals surface area contributed by atoms with E-state index in [4.69, 9.17) is 0 Å². The highest BCUT2D eigenvalue weighted by molar-refractivity contribution is 9.10. The van der Waals surface area contributed by atoms with E-state index >= 15 is 0 Å². The zero-order valence-corrected chi connectivity index (χ0v) is 12.7. The molecule has 1 saturated heterocycles. The van der Waals surface area contributed by atoms with Crippen LogP contribution in [0.4, 0.5) is 5.69 Å². The lowest BCUT2D eigenvalue weighted by molar-refractivity contribution is -0.122. The minimum Gasteiger partial charge on any atom is -0.324 e. The average molecular weight is 334 g/mol. The van der Waals surface area contributed by atoms with Crippen LogP contribution in [0.5, 0.6) is 0 Å². The van der Waals surface area contributed by atoms with Crippen LogP contribution in [-0.2, 0) is 4.79 Å². The molecule has 2 N–H and O–H groups in total. The number of carbonyl (C=O) groups is 1. The third-order valence-corrected chi connectivity index (χ3v) is 3.70. The molecule has 1 heterocycles. The van der Waals surface area contributed by atoms with E-state index < -0.39 is 5.54 Å². The second kappa shape index (κ2) is 6.55. The van der Waals surface area contributed by atoms with Crippen LogP contribution in [0.25, 0.3) is 0 Å². The molecule has 1 aliphatic rings. The number of hydrogen-bond acceptors (Lipinski definition) is 2. The van der Waals surface area contributed by atoms with E-state index in [0.717, 1.165) is 36.0 Å². The Hall–Kier alpha value is -0.580. The number of rotatable bonds is 2. The summed E-state index contributed by atoms with van der Waals surface area (Å²) in [4.78, 5) is 12.2. The second-order valence-electron chi connectivity index (χ2n) is 4.68. The van der Waals surface area contributed by atoms with E-state index in [1.165, 1.54) is 0 Å². The highest BCUT2D eigenvalue weighted by Crippen LogP contribution is 2.22. The first-order chi connectivity index (χ1) is 8.10. The summed E-state index contributed by atoms with van der Waals surface area (Å²) in [6.45, 7) is 2.89. The van der Waals surface area contributed by atoms with E-state index in [-0.39, 0.29) is 18.3 Å². The van der Waals surface area contributed by atoms with Crippen LogP contribution < -0.4 is 10.6 Å². The smallest absolute Gasteiger partial charge is 0.244 e. The van der Waals surface area contributed by atoms with Gasteiger partial charge in [0.2, 0.25) is 5.91 Å². The fourth-order valence-electron chi connectivity index (χ4n) is 2.09. The number of carbonyl (C=O) groups excluding carboxylic acids is 1. The Kier molecular flexibility index (Phi) is 5.63. The zero-order valence-electron chi connectivity index (χ0n) is 10.3. The molecule has 1 aromatic carbocycles. The van der Waals surface area contributed by atoms with Gasteiger partial charge in [-0.3, -0.25) is 4.79 Å². The van der Waals surface area contributed by atoms with Crippen molar-refractivity contribution in [3.05, 3.63) is 28.7 Å². The van der Waals surface area contributed by atoms with Crippen molar-refractivity contribution >= 4 is 39.9 Å². The molecule has 0 spiro atoms. The maximum absolute atomic E-state index is 12.2. The van der Waals surface area contributed by atoms with Gasteiger partial charge in [0.05, 0.1) is 5.54 Å². The molecule has 100 valence electrons. The van der Waals surface area contributed by atoms with E-state index in [2.05, 4.69) is 26.6 Å². The summed E-state index contributed by atoms with van der Waals surface area (Å²) in [7, 11) is 0. The van der Waals surface area contributed by atoms with Crippen LogP contribution in [0.1, 0.15) is 26.2 Å². The summed E-state index contributed by atoms with van der Waals surface area (Å²) in [6, 6.07) is 7.66. The molecule has 0 aliphatic carbocycles.